The second-order valence-corrected chi connectivity index (χ2v) is 7.03. The van der Waals surface area contributed by atoms with Gasteiger partial charge < -0.3 is 16.0 Å². The van der Waals surface area contributed by atoms with Crippen LogP contribution in [0.1, 0.15) is 40.5 Å². The van der Waals surface area contributed by atoms with Crippen LogP contribution in [0.4, 0.5) is 0 Å². The number of hydrogen-bond donors (Lipinski definition) is 3. The Labute approximate surface area is 177 Å². The summed E-state index contributed by atoms with van der Waals surface area (Å²) in [4.78, 5) is 13.0. The molecule has 3 aromatic carbocycles. The van der Waals surface area contributed by atoms with Crippen molar-refractivity contribution < 1.29 is 4.79 Å². The standard InChI is InChI=1S/C24H25N3OS/c1-2-25-24(29)27-22(19-14-8-4-9-15-19)21(18-12-6-3-7-13-18)26-23(28)20-16-10-5-11-17-20/h3-17,21-22H,2H2,1H3,(H,26,28)(H2,25,27,29)/t21-,22-/m0/s1. The molecular formula is C24H25N3OS. The molecule has 0 saturated heterocycles. The Balaban J connectivity index is 1.98. The smallest absolute Gasteiger partial charge is 0.251 e. The number of carbonyl (C=O) groups is 1. The van der Waals surface area contributed by atoms with Crippen LogP contribution in [0.5, 0.6) is 0 Å². The van der Waals surface area contributed by atoms with Crippen molar-refractivity contribution in [3.63, 3.8) is 0 Å². The quantitative estimate of drug-likeness (QED) is 0.513. The average molecular weight is 404 g/mol. The van der Waals surface area contributed by atoms with Gasteiger partial charge in [-0.1, -0.05) is 78.9 Å². The first-order valence-corrected chi connectivity index (χ1v) is 10.1. The van der Waals surface area contributed by atoms with Crippen LogP contribution >= 0.6 is 12.2 Å². The number of thiocarbonyl (C=S) groups is 1. The van der Waals surface area contributed by atoms with E-state index in [1.807, 2.05) is 97.9 Å². The second kappa shape index (κ2) is 10.4. The maximum absolute atomic E-state index is 13.0. The molecule has 5 heteroatoms. The Morgan fingerprint density at radius 1 is 0.759 bits per heavy atom. The van der Waals surface area contributed by atoms with Crippen molar-refractivity contribution >= 4 is 23.2 Å². The van der Waals surface area contributed by atoms with Crippen molar-refractivity contribution in [2.45, 2.75) is 19.0 Å². The molecule has 0 heterocycles. The summed E-state index contributed by atoms with van der Waals surface area (Å²) in [6.07, 6.45) is 0. The Morgan fingerprint density at radius 2 is 1.21 bits per heavy atom. The van der Waals surface area contributed by atoms with E-state index < -0.39 is 0 Å². The summed E-state index contributed by atoms with van der Waals surface area (Å²) in [5.74, 6) is -0.128. The summed E-state index contributed by atoms with van der Waals surface area (Å²) in [6.45, 7) is 2.72. The van der Waals surface area contributed by atoms with E-state index in [4.69, 9.17) is 12.2 Å². The van der Waals surface area contributed by atoms with Crippen LogP contribution < -0.4 is 16.0 Å². The zero-order valence-corrected chi connectivity index (χ0v) is 17.2. The molecule has 3 aromatic rings. The molecule has 3 rings (SSSR count). The van der Waals surface area contributed by atoms with Gasteiger partial charge in [0.15, 0.2) is 5.11 Å². The van der Waals surface area contributed by atoms with Crippen molar-refractivity contribution in [1.29, 1.82) is 0 Å². The Hall–Kier alpha value is -3.18. The van der Waals surface area contributed by atoms with Crippen LogP contribution in [0, 0.1) is 0 Å². The third-order valence-corrected chi connectivity index (χ3v) is 4.86. The lowest BCUT2D eigenvalue weighted by Gasteiger charge is -2.31. The van der Waals surface area contributed by atoms with Gasteiger partial charge in [-0.15, -0.1) is 0 Å². The van der Waals surface area contributed by atoms with Crippen LogP contribution in [0.15, 0.2) is 91.0 Å². The summed E-state index contributed by atoms with van der Waals surface area (Å²) in [6, 6.07) is 28.7. The number of rotatable bonds is 7. The number of hydrogen-bond acceptors (Lipinski definition) is 2. The summed E-state index contributed by atoms with van der Waals surface area (Å²) < 4.78 is 0. The highest BCUT2D eigenvalue weighted by Gasteiger charge is 2.27. The molecule has 2 atom stereocenters. The van der Waals surface area contributed by atoms with Gasteiger partial charge in [0.25, 0.3) is 5.91 Å². The van der Waals surface area contributed by atoms with Gasteiger partial charge in [0.2, 0.25) is 0 Å². The Kier molecular flexibility index (Phi) is 7.36. The molecule has 148 valence electrons. The maximum atomic E-state index is 13.0. The number of nitrogens with one attached hydrogen (secondary N) is 3. The lowest BCUT2D eigenvalue weighted by molar-refractivity contribution is 0.0928. The van der Waals surface area contributed by atoms with E-state index in [-0.39, 0.29) is 18.0 Å². The minimum Gasteiger partial charge on any atom is -0.363 e. The molecule has 0 saturated carbocycles. The van der Waals surface area contributed by atoms with Gasteiger partial charge in [0.1, 0.15) is 0 Å². The SMILES string of the molecule is CCNC(=S)N[C@@H](c1ccccc1)[C@@H](NC(=O)c1ccccc1)c1ccccc1. The van der Waals surface area contributed by atoms with Crippen LogP contribution in [0.2, 0.25) is 0 Å². The van der Waals surface area contributed by atoms with Crippen LogP contribution in [-0.2, 0) is 0 Å². The van der Waals surface area contributed by atoms with Crippen molar-refractivity contribution in [3.05, 3.63) is 108 Å². The lowest BCUT2D eigenvalue weighted by Crippen LogP contribution is -2.44. The van der Waals surface area contributed by atoms with Gasteiger partial charge in [-0.2, -0.15) is 0 Å². The Bertz CT molecular complexity index is 917. The van der Waals surface area contributed by atoms with Crippen LogP contribution in [-0.4, -0.2) is 17.6 Å². The highest BCUT2D eigenvalue weighted by Crippen LogP contribution is 2.29. The van der Waals surface area contributed by atoms with Gasteiger partial charge in [0.05, 0.1) is 12.1 Å². The summed E-state index contributed by atoms with van der Waals surface area (Å²) in [5, 5.41) is 10.3. The fourth-order valence-electron chi connectivity index (χ4n) is 3.21. The molecule has 0 aliphatic rings. The van der Waals surface area contributed by atoms with E-state index in [9.17, 15) is 4.79 Å². The normalized spacial score (nSPS) is 12.4. The van der Waals surface area contributed by atoms with Crippen LogP contribution in [0.3, 0.4) is 0 Å². The van der Waals surface area contributed by atoms with Gasteiger partial charge in [-0.25, -0.2) is 0 Å². The van der Waals surface area contributed by atoms with E-state index in [0.717, 1.165) is 17.7 Å². The lowest BCUT2D eigenvalue weighted by atomic mass is 9.93. The first-order valence-electron chi connectivity index (χ1n) is 9.69. The van der Waals surface area contributed by atoms with Crippen molar-refractivity contribution in [2.24, 2.45) is 0 Å². The molecule has 0 unspecified atom stereocenters. The maximum Gasteiger partial charge on any atom is 0.251 e. The van der Waals surface area contributed by atoms with E-state index in [0.29, 0.717) is 10.7 Å². The molecule has 1 amide bonds. The first-order chi connectivity index (χ1) is 14.2. The summed E-state index contributed by atoms with van der Waals surface area (Å²) in [5.41, 5.74) is 2.65. The summed E-state index contributed by atoms with van der Waals surface area (Å²) >= 11 is 5.47. The third kappa shape index (κ3) is 5.65. The van der Waals surface area contributed by atoms with Gasteiger partial charge in [-0.05, 0) is 42.4 Å². The second-order valence-electron chi connectivity index (χ2n) is 6.62. The van der Waals surface area contributed by atoms with Gasteiger partial charge >= 0.3 is 0 Å². The Morgan fingerprint density at radius 3 is 1.69 bits per heavy atom. The molecule has 0 fully saturated rings. The molecule has 3 N–H and O–H groups in total. The highest BCUT2D eigenvalue weighted by atomic mass is 32.1. The summed E-state index contributed by atoms with van der Waals surface area (Å²) in [7, 11) is 0. The minimum absolute atomic E-state index is 0.128. The topological polar surface area (TPSA) is 53.2 Å². The third-order valence-electron chi connectivity index (χ3n) is 4.60. The molecular weight excluding hydrogens is 378 g/mol. The molecule has 0 aromatic heterocycles. The highest BCUT2D eigenvalue weighted by molar-refractivity contribution is 7.80. The van der Waals surface area contributed by atoms with Crippen molar-refractivity contribution in [1.82, 2.24) is 16.0 Å². The number of carbonyl (C=O) groups excluding carboxylic acids is 1. The molecule has 29 heavy (non-hydrogen) atoms. The molecule has 0 bridgehead atoms. The fraction of sp³-hybridized carbons (Fsp3) is 0.167. The van der Waals surface area contributed by atoms with Crippen LogP contribution in [0.25, 0.3) is 0 Å². The number of benzene rings is 3. The van der Waals surface area contributed by atoms with E-state index in [1.54, 1.807) is 0 Å². The average Bonchev–Trinajstić information content (AvgIpc) is 2.78. The molecule has 4 nitrogen and oxygen atoms in total. The van der Waals surface area contributed by atoms with E-state index in [2.05, 4.69) is 16.0 Å². The molecule has 0 aliphatic heterocycles. The largest absolute Gasteiger partial charge is 0.363 e. The first kappa shape index (κ1) is 20.6. The molecule has 0 aliphatic carbocycles. The monoisotopic (exact) mass is 403 g/mol. The number of amides is 1. The molecule has 0 spiro atoms. The zero-order chi connectivity index (χ0) is 20.5. The van der Waals surface area contributed by atoms with E-state index >= 15 is 0 Å². The van der Waals surface area contributed by atoms with Crippen molar-refractivity contribution in [3.8, 4) is 0 Å². The fourth-order valence-corrected chi connectivity index (χ4v) is 3.48. The predicted molar refractivity (Wildman–Crippen MR) is 122 cm³/mol. The predicted octanol–water partition coefficient (Wildman–Crippen LogP) is 4.38. The van der Waals surface area contributed by atoms with Crippen molar-refractivity contribution in [2.75, 3.05) is 6.54 Å². The minimum atomic E-state index is -0.317. The molecule has 0 radical (unpaired) electrons. The van der Waals surface area contributed by atoms with E-state index in [1.165, 1.54) is 0 Å². The zero-order valence-electron chi connectivity index (χ0n) is 16.3. The van der Waals surface area contributed by atoms with Gasteiger partial charge in [0, 0.05) is 12.1 Å². The van der Waals surface area contributed by atoms with Gasteiger partial charge in [-0.3, -0.25) is 4.79 Å².